The Kier molecular flexibility index (Phi) is 6.82. The van der Waals surface area contributed by atoms with Crippen LogP contribution in [0.4, 0.5) is 17.6 Å². The number of carbonyl (C=O) groups is 2. The first-order valence-electron chi connectivity index (χ1n) is 12.6. The number of halogens is 4. The van der Waals surface area contributed by atoms with Crippen molar-refractivity contribution < 1.29 is 27.2 Å². The van der Waals surface area contributed by atoms with Crippen LogP contribution < -0.4 is 0 Å². The van der Waals surface area contributed by atoms with E-state index in [4.69, 9.17) is 0 Å². The largest absolute Gasteiger partial charge is 0.347 e. The van der Waals surface area contributed by atoms with Crippen molar-refractivity contribution in [3.05, 3.63) is 106 Å². The first-order chi connectivity index (χ1) is 18.3. The molecule has 0 bridgehead atoms. The number of likely N-dealkylation sites (tertiary alicyclic amines) is 1. The van der Waals surface area contributed by atoms with E-state index in [1.807, 2.05) is 42.0 Å². The van der Waals surface area contributed by atoms with Gasteiger partial charge in [-0.3, -0.25) is 9.59 Å². The van der Waals surface area contributed by atoms with Gasteiger partial charge in [-0.2, -0.15) is 0 Å². The normalized spacial score (nSPS) is 17.4. The molecule has 1 saturated heterocycles. The molecule has 2 unspecified atom stereocenters. The molecule has 0 spiro atoms. The lowest BCUT2D eigenvalue weighted by molar-refractivity contribution is 0.0657. The number of amides is 1. The maximum Gasteiger partial charge on any atom is 0.257 e. The van der Waals surface area contributed by atoms with Gasteiger partial charge in [-0.1, -0.05) is 25.1 Å². The highest BCUT2D eigenvalue weighted by atomic mass is 19.1. The van der Waals surface area contributed by atoms with Crippen molar-refractivity contribution in [2.24, 2.45) is 0 Å². The minimum absolute atomic E-state index is 0.0420. The monoisotopic (exact) mass is 522 g/mol. The van der Waals surface area contributed by atoms with E-state index in [1.54, 1.807) is 6.92 Å². The van der Waals surface area contributed by atoms with Crippen molar-refractivity contribution in [3.63, 3.8) is 0 Å². The summed E-state index contributed by atoms with van der Waals surface area (Å²) in [6.07, 6.45) is 2.34. The molecule has 1 fully saturated rings. The highest BCUT2D eigenvalue weighted by Gasteiger charge is 2.45. The maximum absolute atomic E-state index is 15.4. The molecule has 4 aromatic rings. The number of hydrogen-bond acceptors (Lipinski definition) is 2. The number of benzene rings is 3. The Labute approximate surface area is 217 Å². The van der Waals surface area contributed by atoms with E-state index >= 15 is 4.39 Å². The third-order valence-electron chi connectivity index (χ3n) is 7.45. The van der Waals surface area contributed by atoms with E-state index in [1.165, 1.54) is 4.90 Å². The Morgan fingerprint density at radius 3 is 2.37 bits per heavy atom. The van der Waals surface area contributed by atoms with Gasteiger partial charge in [0.2, 0.25) is 0 Å². The van der Waals surface area contributed by atoms with Crippen molar-refractivity contribution in [2.75, 3.05) is 6.54 Å². The summed E-state index contributed by atoms with van der Waals surface area (Å²) in [5.74, 6) is -5.60. The number of carbonyl (C=O) groups excluding carboxylic acids is 2. The highest BCUT2D eigenvalue weighted by Crippen LogP contribution is 2.41. The number of rotatable bonds is 6. The Morgan fingerprint density at radius 1 is 0.921 bits per heavy atom. The van der Waals surface area contributed by atoms with Gasteiger partial charge in [-0.15, -0.1) is 0 Å². The third-order valence-corrected chi connectivity index (χ3v) is 7.45. The molecule has 1 amide bonds. The first kappa shape index (κ1) is 25.7. The van der Waals surface area contributed by atoms with Gasteiger partial charge in [-0.25, -0.2) is 17.6 Å². The van der Waals surface area contributed by atoms with Crippen molar-refractivity contribution in [1.82, 2.24) is 9.47 Å². The highest BCUT2D eigenvalue weighted by molar-refractivity contribution is 6.06. The molecule has 2 atom stereocenters. The molecular weight excluding hydrogens is 496 g/mol. The number of Topliss-reactive ketones (excluding diaryl/α,β-unsaturated/α-hetero) is 1. The van der Waals surface area contributed by atoms with Crippen LogP contribution >= 0.6 is 0 Å². The molecule has 1 aromatic heterocycles. The molecule has 0 aliphatic carbocycles. The van der Waals surface area contributed by atoms with Gasteiger partial charge in [0.15, 0.2) is 5.78 Å². The van der Waals surface area contributed by atoms with Gasteiger partial charge in [0, 0.05) is 47.7 Å². The minimum atomic E-state index is -1.17. The van der Waals surface area contributed by atoms with Crippen LogP contribution in [0, 0.1) is 23.3 Å². The second-order valence-electron chi connectivity index (χ2n) is 9.46. The lowest BCUT2D eigenvalue weighted by Gasteiger charge is -2.28. The van der Waals surface area contributed by atoms with Crippen LogP contribution in [0.5, 0.6) is 0 Å². The van der Waals surface area contributed by atoms with Crippen LogP contribution in [0.15, 0.2) is 60.8 Å². The molecule has 4 nitrogen and oxygen atoms in total. The van der Waals surface area contributed by atoms with Gasteiger partial charge < -0.3 is 9.47 Å². The Hall–Kier alpha value is -3.94. The fraction of sp³-hybridized carbons (Fsp3) is 0.267. The number of hydrogen-bond donors (Lipinski definition) is 0. The van der Waals surface area contributed by atoms with Crippen molar-refractivity contribution in [2.45, 2.75) is 45.2 Å². The number of nitrogens with zero attached hydrogens (tertiary/aromatic N) is 2. The zero-order valence-corrected chi connectivity index (χ0v) is 21.0. The molecule has 0 radical (unpaired) electrons. The average Bonchev–Trinajstić information content (AvgIpc) is 3.50. The number of ketones is 1. The predicted octanol–water partition coefficient (Wildman–Crippen LogP) is 6.66. The molecule has 0 N–H and O–H groups in total. The van der Waals surface area contributed by atoms with Gasteiger partial charge in [0.05, 0.1) is 11.1 Å². The van der Waals surface area contributed by atoms with Gasteiger partial charge in [0.25, 0.3) is 5.91 Å². The molecule has 0 saturated carbocycles. The average molecular weight is 523 g/mol. The number of aromatic nitrogens is 1. The molecule has 5 rings (SSSR count). The fourth-order valence-corrected chi connectivity index (χ4v) is 5.59. The van der Waals surface area contributed by atoms with E-state index in [-0.39, 0.29) is 29.7 Å². The predicted molar refractivity (Wildman–Crippen MR) is 136 cm³/mol. The molecule has 1 aliphatic rings. The Bertz CT molecular complexity index is 1560. The van der Waals surface area contributed by atoms with Gasteiger partial charge in [0.1, 0.15) is 29.3 Å². The SMILES string of the molecule is CCc1c(F)ccc(C(=O)C2C(c3cn(CC)c4ccccc34)CCN2C(=O)c2ccc(F)cc2F)c1F. The Morgan fingerprint density at radius 2 is 1.66 bits per heavy atom. The van der Waals surface area contributed by atoms with E-state index in [9.17, 15) is 22.8 Å². The van der Waals surface area contributed by atoms with Crippen molar-refractivity contribution >= 4 is 22.6 Å². The smallest absolute Gasteiger partial charge is 0.257 e. The summed E-state index contributed by atoms with van der Waals surface area (Å²) < 4.78 is 59.8. The first-order valence-corrected chi connectivity index (χ1v) is 12.6. The Balaban J connectivity index is 1.66. The van der Waals surface area contributed by atoms with Crippen LogP contribution in [0.1, 0.15) is 58.0 Å². The fourth-order valence-electron chi connectivity index (χ4n) is 5.59. The van der Waals surface area contributed by atoms with Crippen LogP contribution in [-0.2, 0) is 13.0 Å². The van der Waals surface area contributed by atoms with Gasteiger partial charge in [-0.05, 0) is 55.7 Å². The van der Waals surface area contributed by atoms with Crippen LogP contribution in [0.25, 0.3) is 10.9 Å². The lowest BCUT2D eigenvalue weighted by Crippen LogP contribution is -2.43. The second kappa shape index (κ2) is 10.1. The quantitative estimate of drug-likeness (QED) is 0.210. The number of aryl methyl sites for hydroxylation is 1. The molecule has 196 valence electrons. The minimum Gasteiger partial charge on any atom is -0.347 e. The maximum atomic E-state index is 15.4. The summed E-state index contributed by atoms with van der Waals surface area (Å²) in [5, 5.41) is 0.897. The summed E-state index contributed by atoms with van der Waals surface area (Å²) in [6.45, 7) is 4.34. The number of fused-ring (bicyclic) bond motifs is 1. The summed E-state index contributed by atoms with van der Waals surface area (Å²) >= 11 is 0. The van der Waals surface area contributed by atoms with Crippen molar-refractivity contribution in [3.8, 4) is 0 Å². The van der Waals surface area contributed by atoms with E-state index in [0.717, 1.165) is 40.7 Å². The molecule has 8 heteroatoms. The molecular formula is C30H26F4N2O2. The molecule has 1 aliphatic heterocycles. The summed E-state index contributed by atoms with van der Waals surface area (Å²) in [5.41, 5.74) is 0.850. The zero-order valence-electron chi connectivity index (χ0n) is 21.0. The summed E-state index contributed by atoms with van der Waals surface area (Å²) in [6, 6.07) is 11.3. The lowest BCUT2D eigenvalue weighted by atomic mass is 9.86. The summed E-state index contributed by atoms with van der Waals surface area (Å²) in [4.78, 5) is 28.8. The third kappa shape index (κ3) is 4.18. The van der Waals surface area contributed by atoms with E-state index in [2.05, 4.69) is 0 Å². The van der Waals surface area contributed by atoms with E-state index in [0.29, 0.717) is 19.0 Å². The van der Waals surface area contributed by atoms with E-state index < -0.39 is 46.9 Å². The second-order valence-corrected chi connectivity index (χ2v) is 9.46. The molecule has 2 heterocycles. The van der Waals surface area contributed by atoms with Crippen molar-refractivity contribution in [1.29, 1.82) is 0 Å². The summed E-state index contributed by atoms with van der Waals surface area (Å²) in [7, 11) is 0. The molecule has 3 aromatic carbocycles. The van der Waals surface area contributed by atoms with Crippen LogP contribution in [0.3, 0.4) is 0 Å². The molecule has 38 heavy (non-hydrogen) atoms. The van der Waals surface area contributed by atoms with Crippen LogP contribution in [-0.4, -0.2) is 33.7 Å². The zero-order chi connectivity index (χ0) is 27.1. The standard InChI is InChI=1S/C30H26F4N2O2/c1-3-18-24(32)12-11-22(27(18)34)29(37)28-20(23-16-35(4-2)26-8-6-5-7-19(23)26)13-14-36(28)30(38)21-10-9-17(31)15-25(21)33/h5-12,15-16,20,28H,3-4,13-14H2,1-2H3. The van der Waals surface area contributed by atoms with Gasteiger partial charge >= 0.3 is 0 Å². The van der Waals surface area contributed by atoms with Crippen LogP contribution in [0.2, 0.25) is 0 Å². The number of para-hydroxylation sites is 1. The topological polar surface area (TPSA) is 42.3 Å².